The van der Waals surface area contributed by atoms with Gasteiger partial charge in [0.2, 0.25) is 11.8 Å². The molecule has 1 fully saturated rings. The van der Waals surface area contributed by atoms with Crippen LogP contribution in [0.5, 0.6) is 0 Å². The van der Waals surface area contributed by atoms with Crippen molar-refractivity contribution in [3.63, 3.8) is 0 Å². The van der Waals surface area contributed by atoms with Crippen LogP contribution in [0.3, 0.4) is 0 Å². The Kier molecular flexibility index (Phi) is 8.55. The topological polar surface area (TPSA) is 122 Å². The monoisotopic (exact) mass is 494 g/mol. The Morgan fingerprint density at radius 1 is 1.26 bits per heavy atom. The van der Waals surface area contributed by atoms with Gasteiger partial charge in [-0.2, -0.15) is 0 Å². The molecule has 0 bridgehead atoms. The SMILES string of the molecule is CCOC(=O)CN1C(=O)C(NC(=O)C2(CP(=O)(O)OC(C)C)CCCC2)CCc2ccccc21. The number of nitrogens with one attached hydrogen (secondary N) is 1. The zero-order valence-electron chi connectivity index (χ0n) is 20.1. The van der Waals surface area contributed by atoms with Crippen molar-refractivity contribution < 1.29 is 33.1 Å². The van der Waals surface area contributed by atoms with Gasteiger partial charge < -0.3 is 19.5 Å². The van der Waals surface area contributed by atoms with Crippen molar-refractivity contribution in [2.75, 3.05) is 24.2 Å². The highest BCUT2D eigenvalue weighted by Crippen LogP contribution is 2.53. The molecule has 0 saturated heterocycles. The molecule has 2 unspecified atom stereocenters. The van der Waals surface area contributed by atoms with Crippen LogP contribution in [0.2, 0.25) is 0 Å². The summed E-state index contributed by atoms with van der Waals surface area (Å²) < 4.78 is 23.0. The molecule has 2 atom stereocenters. The van der Waals surface area contributed by atoms with E-state index >= 15 is 0 Å². The zero-order chi connectivity index (χ0) is 24.9. The van der Waals surface area contributed by atoms with Crippen LogP contribution in [-0.2, 0) is 34.6 Å². The number of hydrogen-bond acceptors (Lipinski definition) is 6. The highest BCUT2D eigenvalue weighted by molar-refractivity contribution is 7.52. The lowest BCUT2D eigenvalue weighted by molar-refractivity contribution is -0.142. The minimum absolute atomic E-state index is 0.199. The minimum atomic E-state index is -4.00. The molecule has 10 heteroatoms. The molecule has 1 aromatic carbocycles. The molecule has 2 N–H and O–H groups in total. The van der Waals surface area contributed by atoms with Crippen LogP contribution in [0.25, 0.3) is 0 Å². The van der Waals surface area contributed by atoms with E-state index in [-0.39, 0.29) is 19.3 Å². The highest BCUT2D eigenvalue weighted by Gasteiger charge is 2.48. The van der Waals surface area contributed by atoms with Gasteiger partial charge in [-0.1, -0.05) is 31.0 Å². The van der Waals surface area contributed by atoms with Crippen LogP contribution < -0.4 is 10.2 Å². The highest BCUT2D eigenvalue weighted by atomic mass is 31.2. The van der Waals surface area contributed by atoms with E-state index in [0.717, 1.165) is 18.4 Å². The van der Waals surface area contributed by atoms with Gasteiger partial charge in [-0.05, 0) is 58.1 Å². The molecule has 2 aliphatic rings. The Bertz CT molecular complexity index is 958. The van der Waals surface area contributed by atoms with Crippen LogP contribution in [0.1, 0.15) is 58.4 Å². The summed E-state index contributed by atoms with van der Waals surface area (Å²) in [5.74, 6) is -1.34. The van der Waals surface area contributed by atoms with E-state index in [1.165, 1.54) is 4.90 Å². The fourth-order valence-electron chi connectivity index (χ4n) is 4.92. The smallest absolute Gasteiger partial charge is 0.329 e. The molecule has 1 aliphatic heterocycles. The number of aryl methyl sites for hydroxylation is 1. The van der Waals surface area contributed by atoms with Crippen molar-refractivity contribution in [2.45, 2.75) is 71.4 Å². The Balaban J connectivity index is 1.83. The molecule has 3 rings (SSSR count). The third kappa shape index (κ3) is 6.26. The number of anilines is 1. The summed E-state index contributed by atoms with van der Waals surface area (Å²) in [6, 6.07) is 6.47. The Labute approximate surface area is 200 Å². The van der Waals surface area contributed by atoms with Gasteiger partial charge in [0, 0.05) is 5.69 Å². The number of benzene rings is 1. The predicted molar refractivity (Wildman–Crippen MR) is 127 cm³/mol. The maximum absolute atomic E-state index is 13.5. The van der Waals surface area contributed by atoms with Gasteiger partial charge in [-0.3, -0.25) is 23.8 Å². The molecule has 0 aromatic heterocycles. The summed E-state index contributed by atoms with van der Waals surface area (Å²) in [6.07, 6.45) is 2.59. The van der Waals surface area contributed by atoms with E-state index in [0.29, 0.717) is 31.4 Å². The average Bonchev–Trinajstić information content (AvgIpc) is 3.18. The summed E-state index contributed by atoms with van der Waals surface area (Å²) in [5, 5.41) is 2.87. The van der Waals surface area contributed by atoms with Crippen LogP contribution in [-0.4, -0.2) is 54.1 Å². The molecule has 0 spiro atoms. The number of amides is 2. The second-order valence-electron chi connectivity index (χ2n) is 9.36. The molecular weight excluding hydrogens is 459 g/mol. The Morgan fingerprint density at radius 2 is 1.94 bits per heavy atom. The standard InChI is InChI=1S/C24H35N2O7P/c1-4-32-21(27)15-26-20-10-6-5-9-18(20)11-12-19(22(26)28)25-23(29)24(13-7-8-14-24)16-34(30,31)33-17(2)3/h5-6,9-10,17,19H,4,7-8,11-16H2,1-3H3,(H,25,29)(H,30,31). The van der Waals surface area contributed by atoms with Crippen molar-refractivity contribution in [3.05, 3.63) is 29.8 Å². The number of ether oxygens (including phenoxy) is 1. The number of para-hydroxylation sites is 1. The van der Waals surface area contributed by atoms with Gasteiger partial charge in [0.25, 0.3) is 0 Å². The lowest BCUT2D eigenvalue weighted by atomic mass is 9.87. The van der Waals surface area contributed by atoms with Crippen LogP contribution in [0.4, 0.5) is 5.69 Å². The summed E-state index contributed by atoms with van der Waals surface area (Å²) in [7, 11) is -4.00. The van der Waals surface area contributed by atoms with Gasteiger partial charge in [0.05, 0.1) is 24.3 Å². The fourth-order valence-corrected chi connectivity index (χ4v) is 6.88. The number of hydrogen-bond donors (Lipinski definition) is 2. The normalized spacial score (nSPS) is 21.5. The average molecular weight is 495 g/mol. The van der Waals surface area contributed by atoms with Crippen LogP contribution in [0.15, 0.2) is 24.3 Å². The van der Waals surface area contributed by atoms with E-state index in [4.69, 9.17) is 9.26 Å². The number of carbonyl (C=O) groups is 3. The molecule has 188 valence electrons. The van der Waals surface area contributed by atoms with E-state index in [9.17, 15) is 23.8 Å². The lowest BCUT2D eigenvalue weighted by Crippen LogP contribution is -2.53. The second-order valence-corrected chi connectivity index (χ2v) is 11.2. The lowest BCUT2D eigenvalue weighted by Gasteiger charge is -2.32. The first-order valence-corrected chi connectivity index (χ1v) is 13.7. The van der Waals surface area contributed by atoms with Crippen molar-refractivity contribution in [3.8, 4) is 0 Å². The van der Waals surface area contributed by atoms with Crippen molar-refractivity contribution in [1.82, 2.24) is 5.32 Å². The molecule has 2 amide bonds. The molecule has 34 heavy (non-hydrogen) atoms. The minimum Gasteiger partial charge on any atom is -0.465 e. The molecule has 0 radical (unpaired) electrons. The van der Waals surface area contributed by atoms with Gasteiger partial charge >= 0.3 is 13.6 Å². The summed E-state index contributed by atoms with van der Waals surface area (Å²) in [4.78, 5) is 51.0. The Hall–Kier alpha value is -2.22. The predicted octanol–water partition coefficient (Wildman–Crippen LogP) is 3.18. The van der Waals surface area contributed by atoms with Crippen molar-refractivity contribution >= 4 is 31.1 Å². The number of nitrogens with zero attached hydrogens (tertiary/aromatic N) is 1. The van der Waals surface area contributed by atoms with Gasteiger partial charge in [-0.15, -0.1) is 0 Å². The molecule has 9 nitrogen and oxygen atoms in total. The third-order valence-corrected chi connectivity index (χ3v) is 8.12. The largest absolute Gasteiger partial charge is 0.465 e. The van der Waals surface area contributed by atoms with E-state index < -0.39 is 42.9 Å². The number of esters is 1. The van der Waals surface area contributed by atoms with Crippen LogP contribution >= 0.6 is 7.60 Å². The van der Waals surface area contributed by atoms with Gasteiger partial charge in [0.1, 0.15) is 12.6 Å². The van der Waals surface area contributed by atoms with Crippen LogP contribution in [0, 0.1) is 5.41 Å². The summed E-state index contributed by atoms with van der Waals surface area (Å²) in [5.41, 5.74) is 0.459. The molecule has 1 saturated carbocycles. The molecule has 1 heterocycles. The second kappa shape index (κ2) is 11.0. The van der Waals surface area contributed by atoms with Crippen molar-refractivity contribution in [1.29, 1.82) is 0 Å². The zero-order valence-corrected chi connectivity index (χ0v) is 21.0. The van der Waals surface area contributed by atoms with Crippen molar-refractivity contribution in [2.24, 2.45) is 5.41 Å². The molecule has 1 aliphatic carbocycles. The van der Waals surface area contributed by atoms with E-state index in [2.05, 4.69) is 5.32 Å². The van der Waals surface area contributed by atoms with E-state index in [1.807, 2.05) is 12.1 Å². The van der Waals surface area contributed by atoms with Gasteiger partial charge in [-0.25, -0.2) is 0 Å². The molecule has 1 aromatic rings. The molecular formula is C24H35N2O7P. The maximum Gasteiger partial charge on any atom is 0.329 e. The first-order chi connectivity index (χ1) is 16.1. The quantitative estimate of drug-likeness (QED) is 0.399. The maximum atomic E-state index is 13.5. The number of fused-ring (bicyclic) bond motifs is 1. The van der Waals surface area contributed by atoms with E-state index in [1.54, 1.807) is 32.9 Å². The third-order valence-electron chi connectivity index (χ3n) is 6.37. The first-order valence-electron chi connectivity index (χ1n) is 11.9. The number of carbonyl (C=O) groups excluding carboxylic acids is 3. The van der Waals surface area contributed by atoms with Gasteiger partial charge in [0.15, 0.2) is 0 Å². The Morgan fingerprint density at radius 3 is 2.59 bits per heavy atom. The number of rotatable bonds is 9. The summed E-state index contributed by atoms with van der Waals surface area (Å²) in [6.45, 7) is 4.98. The summed E-state index contributed by atoms with van der Waals surface area (Å²) >= 11 is 0. The first kappa shape index (κ1) is 26.4. The fraction of sp³-hybridized carbons (Fsp3) is 0.625.